The number of furan rings is 1. The standard InChI is InChI=1S/C18H15F2NO2/c1-2-11-3-5-14-12(10-23-17(14)7-11)8-18(22)21-16-6-4-13(19)9-15(16)20/h3-7,9-10H,2,8H2,1H3,(H,21,22). The number of hydrogen-bond donors (Lipinski definition) is 1. The highest BCUT2D eigenvalue weighted by molar-refractivity contribution is 5.95. The quantitative estimate of drug-likeness (QED) is 0.772. The molecule has 1 aromatic heterocycles. The lowest BCUT2D eigenvalue weighted by molar-refractivity contribution is -0.115. The number of aryl methyl sites for hydroxylation is 1. The van der Waals surface area contributed by atoms with Crippen LogP contribution in [0.25, 0.3) is 11.0 Å². The molecule has 1 N–H and O–H groups in total. The van der Waals surface area contributed by atoms with Crippen LogP contribution in [0.5, 0.6) is 0 Å². The van der Waals surface area contributed by atoms with Crippen LogP contribution in [0.3, 0.4) is 0 Å². The van der Waals surface area contributed by atoms with Crippen molar-refractivity contribution in [3.05, 3.63) is 65.4 Å². The number of anilines is 1. The smallest absolute Gasteiger partial charge is 0.229 e. The molecule has 0 fully saturated rings. The zero-order valence-corrected chi connectivity index (χ0v) is 12.5. The monoisotopic (exact) mass is 315 g/mol. The second kappa shape index (κ2) is 6.20. The van der Waals surface area contributed by atoms with Gasteiger partial charge in [0, 0.05) is 17.0 Å². The van der Waals surface area contributed by atoms with E-state index in [0.29, 0.717) is 0 Å². The summed E-state index contributed by atoms with van der Waals surface area (Å²) in [4.78, 5) is 12.1. The number of rotatable bonds is 4. The van der Waals surface area contributed by atoms with Gasteiger partial charge in [-0.05, 0) is 30.2 Å². The van der Waals surface area contributed by atoms with E-state index in [1.807, 2.05) is 18.2 Å². The third-order valence-corrected chi connectivity index (χ3v) is 3.68. The van der Waals surface area contributed by atoms with Gasteiger partial charge in [-0.2, -0.15) is 0 Å². The minimum atomic E-state index is -0.803. The minimum absolute atomic E-state index is 0.0440. The Morgan fingerprint density at radius 1 is 1.17 bits per heavy atom. The van der Waals surface area contributed by atoms with E-state index in [4.69, 9.17) is 4.42 Å². The number of nitrogens with one attached hydrogen (secondary N) is 1. The van der Waals surface area contributed by atoms with E-state index in [-0.39, 0.29) is 12.1 Å². The first-order valence-corrected chi connectivity index (χ1v) is 7.30. The van der Waals surface area contributed by atoms with E-state index in [9.17, 15) is 13.6 Å². The average molecular weight is 315 g/mol. The summed E-state index contributed by atoms with van der Waals surface area (Å²) in [6, 6.07) is 8.87. The predicted molar refractivity (Wildman–Crippen MR) is 84.3 cm³/mol. The first-order valence-electron chi connectivity index (χ1n) is 7.30. The highest BCUT2D eigenvalue weighted by Gasteiger charge is 2.13. The maximum absolute atomic E-state index is 13.6. The molecule has 1 amide bonds. The highest BCUT2D eigenvalue weighted by Crippen LogP contribution is 2.24. The molecule has 3 nitrogen and oxygen atoms in total. The molecule has 0 spiro atoms. The van der Waals surface area contributed by atoms with Gasteiger partial charge in [0.05, 0.1) is 18.4 Å². The van der Waals surface area contributed by atoms with Crippen molar-refractivity contribution in [2.75, 3.05) is 5.32 Å². The van der Waals surface area contributed by atoms with Crippen molar-refractivity contribution in [1.29, 1.82) is 0 Å². The maximum Gasteiger partial charge on any atom is 0.229 e. The van der Waals surface area contributed by atoms with Crippen LogP contribution in [0, 0.1) is 11.6 Å². The van der Waals surface area contributed by atoms with E-state index in [0.717, 1.165) is 40.6 Å². The van der Waals surface area contributed by atoms with Gasteiger partial charge in [-0.25, -0.2) is 8.78 Å². The van der Waals surface area contributed by atoms with Gasteiger partial charge in [-0.15, -0.1) is 0 Å². The van der Waals surface area contributed by atoms with E-state index in [1.165, 1.54) is 12.3 Å². The van der Waals surface area contributed by atoms with Crippen LogP contribution in [0.15, 0.2) is 47.1 Å². The Morgan fingerprint density at radius 2 is 2.00 bits per heavy atom. The first kappa shape index (κ1) is 15.2. The Kier molecular flexibility index (Phi) is 4.10. The highest BCUT2D eigenvalue weighted by atomic mass is 19.1. The van der Waals surface area contributed by atoms with Gasteiger partial charge in [-0.3, -0.25) is 4.79 Å². The first-order chi connectivity index (χ1) is 11.1. The molecule has 23 heavy (non-hydrogen) atoms. The van der Waals surface area contributed by atoms with Gasteiger partial charge < -0.3 is 9.73 Å². The van der Waals surface area contributed by atoms with Crippen molar-refractivity contribution in [2.45, 2.75) is 19.8 Å². The fraction of sp³-hybridized carbons (Fsp3) is 0.167. The number of amides is 1. The van der Waals surface area contributed by atoms with Gasteiger partial charge >= 0.3 is 0 Å². The normalized spacial score (nSPS) is 10.9. The van der Waals surface area contributed by atoms with Crippen molar-refractivity contribution >= 4 is 22.6 Å². The Labute approximate surface area is 131 Å². The molecule has 2 aromatic carbocycles. The van der Waals surface area contributed by atoms with Gasteiger partial charge in [0.2, 0.25) is 5.91 Å². The van der Waals surface area contributed by atoms with Crippen molar-refractivity contribution in [1.82, 2.24) is 0 Å². The fourth-order valence-electron chi connectivity index (χ4n) is 2.44. The molecule has 0 bridgehead atoms. The third-order valence-electron chi connectivity index (χ3n) is 3.68. The van der Waals surface area contributed by atoms with Gasteiger partial charge in [0.1, 0.15) is 17.2 Å². The number of benzene rings is 2. The molecule has 0 aliphatic carbocycles. The lowest BCUT2D eigenvalue weighted by atomic mass is 10.1. The number of fused-ring (bicyclic) bond motifs is 1. The lowest BCUT2D eigenvalue weighted by Crippen LogP contribution is -2.15. The van der Waals surface area contributed by atoms with Crippen LogP contribution in [0.2, 0.25) is 0 Å². The zero-order valence-electron chi connectivity index (χ0n) is 12.5. The summed E-state index contributed by atoms with van der Waals surface area (Å²) in [6.07, 6.45) is 2.48. The van der Waals surface area contributed by atoms with Gasteiger partial charge in [-0.1, -0.05) is 19.1 Å². The molecule has 0 aliphatic rings. The van der Waals surface area contributed by atoms with E-state index >= 15 is 0 Å². The third kappa shape index (κ3) is 3.23. The summed E-state index contributed by atoms with van der Waals surface area (Å²) in [5.74, 6) is -1.88. The number of carbonyl (C=O) groups excluding carboxylic acids is 1. The van der Waals surface area contributed by atoms with E-state index in [2.05, 4.69) is 12.2 Å². The molecule has 0 aliphatic heterocycles. The molecular formula is C18H15F2NO2. The van der Waals surface area contributed by atoms with Gasteiger partial charge in [0.25, 0.3) is 0 Å². The molecule has 0 saturated carbocycles. The van der Waals surface area contributed by atoms with Crippen LogP contribution in [-0.2, 0) is 17.6 Å². The molecule has 0 radical (unpaired) electrons. The number of carbonyl (C=O) groups is 1. The Morgan fingerprint density at radius 3 is 2.74 bits per heavy atom. The summed E-state index contributed by atoms with van der Waals surface area (Å²) >= 11 is 0. The van der Waals surface area contributed by atoms with Crippen LogP contribution < -0.4 is 5.32 Å². The number of halogens is 2. The average Bonchev–Trinajstić information content (AvgIpc) is 2.92. The van der Waals surface area contributed by atoms with E-state index < -0.39 is 17.5 Å². The Hall–Kier alpha value is -2.69. The molecule has 3 aromatic rings. The van der Waals surface area contributed by atoms with Crippen LogP contribution in [0.1, 0.15) is 18.1 Å². The molecule has 1 heterocycles. The van der Waals surface area contributed by atoms with E-state index in [1.54, 1.807) is 0 Å². The largest absolute Gasteiger partial charge is 0.464 e. The SMILES string of the molecule is CCc1ccc2c(CC(=O)Nc3ccc(F)cc3F)coc2c1. The summed E-state index contributed by atoms with van der Waals surface area (Å²) in [7, 11) is 0. The molecule has 5 heteroatoms. The van der Waals surface area contributed by atoms with Crippen LogP contribution in [-0.4, -0.2) is 5.91 Å². The minimum Gasteiger partial charge on any atom is -0.464 e. The molecule has 0 unspecified atom stereocenters. The molecule has 0 saturated heterocycles. The lowest BCUT2D eigenvalue weighted by Gasteiger charge is -2.06. The van der Waals surface area contributed by atoms with Crippen molar-refractivity contribution in [3.63, 3.8) is 0 Å². The predicted octanol–water partition coefficient (Wildman–Crippen LogP) is 4.45. The second-order valence-corrected chi connectivity index (χ2v) is 5.29. The van der Waals surface area contributed by atoms with Crippen molar-refractivity contribution < 1.29 is 18.0 Å². The molecular weight excluding hydrogens is 300 g/mol. The zero-order chi connectivity index (χ0) is 16.4. The molecule has 118 valence electrons. The molecule has 0 atom stereocenters. The second-order valence-electron chi connectivity index (χ2n) is 5.29. The van der Waals surface area contributed by atoms with Crippen molar-refractivity contribution in [2.24, 2.45) is 0 Å². The van der Waals surface area contributed by atoms with Gasteiger partial charge in [0.15, 0.2) is 0 Å². The topological polar surface area (TPSA) is 42.2 Å². The summed E-state index contributed by atoms with van der Waals surface area (Å²) in [6.45, 7) is 2.05. The maximum atomic E-state index is 13.6. The fourth-order valence-corrected chi connectivity index (χ4v) is 2.44. The summed E-state index contributed by atoms with van der Waals surface area (Å²) in [5, 5.41) is 3.30. The Bertz CT molecular complexity index is 871. The van der Waals surface area contributed by atoms with Crippen LogP contribution >= 0.6 is 0 Å². The summed E-state index contributed by atoms with van der Waals surface area (Å²) in [5.41, 5.74) is 2.55. The Balaban J connectivity index is 1.77. The summed E-state index contributed by atoms with van der Waals surface area (Å²) < 4.78 is 31.9. The van der Waals surface area contributed by atoms with Crippen molar-refractivity contribution in [3.8, 4) is 0 Å². The number of hydrogen-bond acceptors (Lipinski definition) is 2. The van der Waals surface area contributed by atoms with Crippen LogP contribution in [0.4, 0.5) is 14.5 Å². The molecule has 3 rings (SSSR count).